The molecule has 6 nitrogen and oxygen atoms in total. The molecule has 1 atom stereocenters. The second kappa shape index (κ2) is 8.31. The lowest BCUT2D eigenvalue weighted by atomic mass is 9.97. The predicted octanol–water partition coefficient (Wildman–Crippen LogP) is 3.41. The van der Waals surface area contributed by atoms with Gasteiger partial charge in [0, 0.05) is 19.0 Å². The van der Waals surface area contributed by atoms with Crippen LogP contribution in [0.5, 0.6) is 0 Å². The number of carbonyl (C=O) groups excluding carboxylic acids is 1. The average Bonchev–Trinajstić information content (AvgIpc) is 2.95. The summed E-state index contributed by atoms with van der Waals surface area (Å²) >= 11 is 0. The zero-order valence-electron chi connectivity index (χ0n) is 15.0. The van der Waals surface area contributed by atoms with Gasteiger partial charge in [0.05, 0.1) is 11.7 Å². The van der Waals surface area contributed by atoms with E-state index in [0.717, 1.165) is 37.8 Å². The van der Waals surface area contributed by atoms with Gasteiger partial charge < -0.3 is 10.0 Å². The molecule has 134 valence electrons. The van der Waals surface area contributed by atoms with Gasteiger partial charge in [0.2, 0.25) is 0 Å². The molecule has 2 rings (SSSR count). The van der Waals surface area contributed by atoms with Gasteiger partial charge in [-0.1, -0.05) is 13.8 Å². The van der Waals surface area contributed by atoms with Crippen LogP contribution in [-0.4, -0.2) is 44.3 Å². The summed E-state index contributed by atoms with van der Waals surface area (Å²) in [5, 5.41) is 13.5. The summed E-state index contributed by atoms with van der Waals surface area (Å²) in [5.74, 6) is -0.802. The number of carbonyl (C=O) groups is 2. The van der Waals surface area contributed by atoms with E-state index in [-0.39, 0.29) is 24.4 Å². The van der Waals surface area contributed by atoms with Crippen molar-refractivity contribution in [3.63, 3.8) is 0 Å². The summed E-state index contributed by atoms with van der Waals surface area (Å²) in [4.78, 5) is 25.9. The molecular formula is C18H29N3O3. The summed E-state index contributed by atoms with van der Waals surface area (Å²) in [6.45, 7) is 6.83. The number of piperidine rings is 1. The normalized spacial score (nSPS) is 18.2. The van der Waals surface area contributed by atoms with E-state index in [4.69, 9.17) is 5.11 Å². The van der Waals surface area contributed by atoms with Gasteiger partial charge in [0.15, 0.2) is 0 Å². The topological polar surface area (TPSA) is 75.4 Å². The molecule has 6 heteroatoms. The molecule has 2 heterocycles. The van der Waals surface area contributed by atoms with E-state index in [1.165, 1.54) is 0 Å². The summed E-state index contributed by atoms with van der Waals surface area (Å²) in [6.07, 6.45) is 5.42. The number of carboxylic acid groups (broad SMARTS) is 1. The van der Waals surface area contributed by atoms with Crippen molar-refractivity contribution >= 4 is 11.9 Å². The summed E-state index contributed by atoms with van der Waals surface area (Å²) in [6, 6.07) is 2.11. The molecule has 0 saturated carbocycles. The lowest BCUT2D eigenvalue weighted by Gasteiger charge is -2.36. The van der Waals surface area contributed by atoms with Crippen LogP contribution in [0, 0.1) is 6.92 Å². The Balaban J connectivity index is 2.24. The van der Waals surface area contributed by atoms with Gasteiger partial charge in [-0.15, -0.1) is 0 Å². The molecule has 1 aliphatic heterocycles. The maximum Gasteiger partial charge on any atom is 0.303 e. The molecule has 1 unspecified atom stereocenters. The van der Waals surface area contributed by atoms with Crippen molar-refractivity contribution in [2.45, 2.75) is 77.8 Å². The number of amides is 1. The highest BCUT2D eigenvalue weighted by atomic mass is 16.4. The minimum Gasteiger partial charge on any atom is -0.481 e. The zero-order chi connectivity index (χ0) is 17.7. The van der Waals surface area contributed by atoms with Crippen molar-refractivity contribution in [2.24, 2.45) is 0 Å². The SMILES string of the molecule is CCC(CC)n1nc(C)cc1C(=O)N1CCCCC1CCC(=O)O. The quantitative estimate of drug-likeness (QED) is 0.828. The third kappa shape index (κ3) is 4.16. The molecule has 1 N–H and O–H groups in total. The Kier molecular flexibility index (Phi) is 6.40. The van der Waals surface area contributed by atoms with Gasteiger partial charge in [-0.05, 0) is 51.5 Å². The molecular weight excluding hydrogens is 306 g/mol. The Hall–Kier alpha value is -1.85. The van der Waals surface area contributed by atoms with Crippen LogP contribution in [0.25, 0.3) is 0 Å². The van der Waals surface area contributed by atoms with Crippen molar-refractivity contribution in [3.05, 3.63) is 17.5 Å². The Bertz CT molecular complexity index is 578. The molecule has 1 saturated heterocycles. The second-order valence-corrected chi connectivity index (χ2v) is 6.67. The van der Waals surface area contributed by atoms with Crippen LogP contribution in [-0.2, 0) is 4.79 Å². The number of hydrogen-bond acceptors (Lipinski definition) is 3. The lowest BCUT2D eigenvalue weighted by molar-refractivity contribution is -0.137. The van der Waals surface area contributed by atoms with Crippen LogP contribution in [0.3, 0.4) is 0 Å². The summed E-state index contributed by atoms with van der Waals surface area (Å²) in [5.41, 5.74) is 1.49. The number of rotatable bonds is 7. The second-order valence-electron chi connectivity index (χ2n) is 6.67. The van der Waals surface area contributed by atoms with Gasteiger partial charge in [-0.25, -0.2) is 0 Å². The first-order chi connectivity index (χ1) is 11.5. The Morgan fingerprint density at radius 2 is 2.04 bits per heavy atom. The van der Waals surface area contributed by atoms with Crippen LogP contribution >= 0.6 is 0 Å². The lowest BCUT2D eigenvalue weighted by Crippen LogP contribution is -2.44. The van der Waals surface area contributed by atoms with E-state index in [1.807, 2.05) is 22.6 Å². The Morgan fingerprint density at radius 1 is 1.33 bits per heavy atom. The van der Waals surface area contributed by atoms with Crippen LogP contribution in [0.4, 0.5) is 0 Å². The van der Waals surface area contributed by atoms with Crippen molar-refractivity contribution in [2.75, 3.05) is 6.54 Å². The number of nitrogens with zero attached hydrogens (tertiary/aromatic N) is 3. The van der Waals surface area contributed by atoms with Crippen molar-refractivity contribution in [3.8, 4) is 0 Å². The van der Waals surface area contributed by atoms with Crippen LogP contribution in [0.1, 0.15) is 81.0 Å². The molecule has 1 aliphatic rings. The smallest absolute Gasteiger partial charge is 0.303 e. The van der Waals surface area contributed by atoms with E-state index in [2.05, 4.69) is 18.9 Å². The highest BCUT2D eigenvalue weighted by Gasteiger charge is 2.30. The number of aliphatic carboxylic acids is 1. The monoisotopic (exact) mass is 335 g/mol. The maximum atomic E-state index is 13.1. The first-order valence-corrected chi connectivity index (χ1v) is 9.06. The number of hydrogen-bond donors (Lipinski definition) is 1. The van der Waals surface area contributed by atoms with E-state index >= 15 is 0 Å². The molecule has 0 aromatic carbocycles. The Labute approximate surface area is 143 Å². The molecule has 1 amide bonds. The molecule has 0 radical (unpaired) electrons. The summed E-state index contributed by atoms with van der Waals surface area (Å²) < 4.78 is 1.88. The number of likely N-dealkylation sites (tertiary alicyclic amines) is 1. The third-order valence-electron chi connectivity index (χ3n) is 4.94. The number of carboxylic acids is 1. The number of aromatic nitrogens is 2. The maximum absolute atomic E-state index is 13.1. The Morgan fingerprint density at radius 3 is 2.67 bits per heavy atom. The average molecular weight is 335 g/mol. The third-order valence-corrected chi connectivity index (χ3v) is 4.94. The standard InChI is InChI=1S/C18H29N3O3/c1-4-14(5-2)21-16(12-13(3)19-21)18(24)20-11-7-6-8-15(20)9-10-17(22)23/h12,14-15H,4-11H2,1-3H3,(H,22,23). The van der Waals surface area contributed by atoms with E-state index in [9.17, 15) is 9.59 Å². The predicted molar refractivity (Wildman–Crippen MR) is 92.1 cm³/mol. The first kappa shape index (κ1) is 18.5. The molecule has 1 aromatic rings. The van der Waals surface area contributed by atoms with Gasteiger partial charge in [-0.2, -0.15) is 5.10 Å². The van der Waals surface area contributed by atoms with Gasteiger partial charge in [0.25, 0.3) is 5.91 Å². The van der Waals surface area contributed by atoms with E-state index in [1.54, 1.807) is 0 Å². The molecule has 1 aromatic heterocycles. The summed E-state index contributed by atoms with van der Waals surface area (Å²) in [7, 11) is 0. The van der Waals surface area contributed by atoms with Crippen molar-refractivity contribution < 1.29 is 14.7 Å². The number of aryl methyl sites for hydroxylation is 1. The highest BCUT2D eigenvalue weighted by molar-refractivity contribution is 5.93. The highest BCUT2D eigenvalue weighted by Crippen LogP contribution is 2.25. The van der Waals surface area contributed by atoms with Gasteiger partial charge in [0.1, 0.15) is 5.69 Å². The molecule has 0 bridgehead atoms. The van der Waals surface area contributed by atoms with Crippen LogP contribution in [0.15, 0.2) is 6.07 Å². The fourth-order valence-corrected chi connectivity index (χ4v) is 3.59. The molecule has 0 spiro atoms. The van der Waals surface area contributed by atoms with Crippen molar-refractivity contribution in [1.29, 1.82) is 0 Å². The fraction of sp³-hybridized carbons (Fsp3) is 0.722. The zero-order valence-corrected chi connectivity index (χ0v) is 15.0. The van der Waals surface area contributed by atoms with E-state index < -0.39 is 5.97 Å². The van der Waals surface area contributed by atoms with Gasteiger partial charge in [-0.3, -0.25) is 14.3 Å². The minimum atomic E-state index is -0.800. The molecule has 1 fully saturated rings. The fourth-order valence-electron chi connectivity index (χ4n) is 3.59. The van der Waals surface area contributed by atoms with E-state index in [0.29, 0.717) is 18.7 Å². The largest absolute Gasteiger partial charge is 0.481 e. The van der Waals surface area contributed by atoms with Crippen LogP contribution in [0.2, 0.25) is 0 Å². The van der Waals surface area contributed by atoms with Crippen molar-refractivity contribution in [1.82, 2.24) is 14.7 Å². The van der Waals surface area contributed by atoms with Crippen LogP contribution < -0.4 is 0 Å². The first-order valence-electron chi connectivity index (χ1n) is 9.06. The molecule has 24 heavy (non-hydrogen) atoms. The minimum absolute atomic E-state index is 0.00223. The molecule has 0 aliphatic carbocycles. The van der Waals surface area contributed by atoms with Gasteiger partial charge >= 0.3 is 5.97 Å².